The molecular formula is C11H16BrN3O3. The second kappa shape index (κ2) is 6.53. The van der Waals surface area contributed by atoms with E-state index in [-0.39, 0.29) is 22.1 Å². The smallest absolute Gasteiger partial charge is 0.287 e. The zero-order valence-corrected chi connectivity index (χ0v) is 11.9. The first kappa shape index (κ1) is 14.7. The number of nitrogens with one attached hydrogen (secondary N) is 1. The number of alkyl halides is 1. The summed E-state index contributed by atoms with van der Waals surface area (Å²) in [6.07, 6.45) is 3.32. The fourth-order valence-electron chi connectivity index (χ4n) is 1.58. The Balaban J connectivity index is 2.64. The number of nitro groups is 1. The molecule has 1 N–H and O–H groups in total. The van der Waals surface area contributed by atoms with E-state index in [2.05, 4.69) is 28.2 Å². The summed E-state index contributed by atoms with van der Waals surface area (Å²) in [7, 11) is 1.61. The number of aryl methyl sites for hydroxylation is 1. The lowest BCUT2D eigenvalue weighted by Crippen LogP contribution is -2.30. The number of nitrogens with zero attached hydrogens (tertiary/aromatic N) is 2. The number of carbonyl (C=O) groups excluding carboxylic acids is 1. The molecule has 18 heavy (non-hydrogen) atoms. The van der Waals surface area contributed by atoms with Crippen LogP contribution in [0.2, 0.25) is 0 Å². The van der Waals surface area contributed by atoms with Crippen LogP contribution in [0.4, 0.5) is 5.69 Å². The van der Waals surface area contributed by atoms with Crippen LogP contribution in [0.5, 0.6) is 0 Å². The molecule has 1 unspecified atom stereocenters. The summed E-state index contributed by atoms with van der Waals surface area (Å²) in [6, 6.07) is 1.28. The van der Waals surface area contributed by atoms with Crippen molar-refractivity contribution >= 4 is 27.5 Å². The Kier molecular flexibility index (Phi) is 5.33. The van der Waals surface area contributed by atoms with Gasteiger partial charge < -0.3 is 9.88 Å². The second-order valence-corrected chi connectivity index (χ2v) is 5.34. The highest BCUT2D eigenvalue weighted by molar-refractivity contribution is 9.09. The van der Waals surface area contributed by atoms with E-state index in [9.17, 15) is 14.9 Å². The molecule has 0 aliphatic heterocycles. The third-order valence-electron chi connectivity index (χ3n) is 2.52. The van der Waals surface area contributed by atoms with Crippen LogP contribution in [0.1, 0.15) is 30.3 Å². The summed E-state index contributed by atoms with van der Waals surface area (Å²) in [4.78, 5) is 22.1. The van der Waals surface area contributed by atoms with E-state index in [4.69, 9.17) is 0 Å². The van der Waals surface area contributed by atoms with E-state index in [1.165, 1.54) is 16.8 Å². The standard InChI is InChI=1S/C11H16BrN3O3/c1-3-4-8(12)6-13-11(16)10-5-9(15(17)18)7-14(10)2/h5,7-8H,3-4,6H2,1-2H3,(H,13,16). The monoisotopic (exact) mass is 317 g/mol. The number of carbonyl (C=O) groups is 1. The van der Waals surface area contributed by atoms with Gasteiger partial charge in [-0.25, -0.2) is 0 Å². The highest BCUT2D eigenvalue weighted by Gasteiger charge is 2.17. The lowest BCUT2D eigenvalue weighted by Gasteiger charge is -2.10. The molecule has 100 valence electrons. The van der Waals surface area contributed by atoms with Gasteiger partial charge in [-0.2, -0.15) is 0 Å². The first-order valence-electron chi connectivity index (χ1n) is 5.68. The minimum absolute atomic E-state index is 0.0772. The maximum absolute atomic E-state index is 11.8. The fraction of sp³-hybridized carbons (Fsp3) is 0.545. The molecule has 0 spiro atoms. The van der Waals surface area contributed by atoms with Gasteiger partial charge in [-0.15, -0.1) is 0 Å². The second-order valence-electron chi connectivity index (χ2n) is 4.05. The molecule has 0 aliphatic carbocycles. The fourth-order valence-corrected chi connectivity index (χ4v) is 2.20. The average Bonchev–Trinajstić information content (AvgIpc) is 2.69. The summed E-state index contributed by atoms with van der Waals surface area (Å²) in [6.45, 7) is 2.57. The molecule has 0 aliphatic rings. The zero-order chi connectivity index (χ0) is 13.7. The van der Waals surface area contributed by atoms with Gasteiger partial charge in [-0.05, 0) is 6.42 Å². The van der Waals surface area contributed by atoms with Crippen molar-refractivity contribution in [1.29, 1.82) is 0 Å². The van der Waals surface area contributed by atoms with Crippen molar-refractivity contribution in [1.82, 2.24) is 9.88 Å². The van der Waals surface area contributed by atoms with Crippen molar-refractivity contribution in [2.75, 3.05) is 6.54 Å². The quantitative estimate of drug-likeness (QED) is 0.496. The molecule has 7 heteroatoms. The summed E-state index contributed by atoms with van der Waals surface area (Å²) in [5.41, 5.74) is 0.212. The number of hydrogen-bond donors (Lipinski definition) is 1. The Bertz CT molecular complexity index is 445. The number of rotatable bonds is 6. The molecule has 0 aromatic carbocycles. The SMILES string of the molecule is CCCC(Br)CNC(=O)c1cc([N+](=O)[O-])cn1C. The summed E-state index contributed by atoms with van der Waals surface area (Å²) < 4.78 is 1.45. The van der Waals surface area contributed by atoms with Crippen LogP contribution < -0.4 is 5.32 Å². The number of hydrogen-bond acceptors (Lipinski definition) is 3. The molecule has 1 rings (SSSR count). The lowest BCUT2D eigenvalue weighted by atomic mass is 10.2. The van der Waals surface area contributed by atoms with Crippen LogP contribution in [0.25, 0.3) is 0 Å². The van der Waals surface area contributed by atoms with Gasteiger partial charge in [0.1, 0.15) is 5.69 Å². The largest absolute Gasteiger partial charge is 0.350 e. The highest BCUT2D eigenvalue weighted by atomic mass is 79.9. The molecule has 0 saturated heterocycles. The minimum Gasteiger partial charge on any atom is -0.350 e. The minimum atomic E-state index is -0.513. The molecule has 1 amide bonds. The Morgan fingerprint density at radius 3 is 2.83 bits per heavy atom. The predicted octanol–water partition coefficient (Wildman–Crippen LogP) is 2.23. The summed E-state index contributed by atoms with van der Waals surface area (Å²) >= 11 is 3.46. The van der Waals surface area contributed by atoms with Crippen LogP contribution in [-0.4, -0.2) is 26.8 Å². The van der Waals surface area contributed by atoms with Gasteiger partial charge in [0, 0.05) is 24.5 Å². The molecule has 0 radical (unpaired) electrons. The van der Waals surface area contributed by atoms with Crippen LogP contribution >= 0.6 is 15.9 Å². The summed E-state index contributed by atoms with van der Waals surface area (Å²) in [5.74, 6) is -0.300. The van der Waals surface area contributed by atoms with Gasteiger partial charge in [-0.1, -0.05) is 29.3 Å². The van der Waals surface area contributed by atoms with Crippen molar-refractivity contribution in [3.8, 4) is 0 Å². The van der Waals surface area contributed by atoms with E-state index in [1.807, 2.05) is 0 Å². The molecule has 1 aromatic rings. The van der Waals surface area contributed by atoms with Crippen molar-refractivity contribution in [2.24, 2.45) is 7.05 Å². The van der Waals surface area contributed by atoms with E-state index < -0.39 is 4.92 Å². The van der Waals surface area contributed by atoms with Crippen molar-refractivity contribution in [3.05, 3.63) is 28.1 Å². The predicted molar refractivity (Wildman–Crippen MR) is 72.0 cm³/mol. The van der Waals surface area contributed by atoms with Gasteiger partial charge in [-0.3, -0.25) is 14.9 Å². The molecule has 6 nitrogen and oxygen atoms in total. The van der Waals surface area contributed by atoms with Crippen molar-refractivity contribution in [3.63, 3.8) is 0 Å². The maximum Gasteiger partial charge on any atom is 0.287 e. The number of amides is 1. The molecule has 1 aromatic heterocycles. The number of halogens is 1. The normalized spacial score (nSPS) is 12.2. The van der Waals surface area contributed by atoms with Gasteiger partial charge in [0.2, 0.25) is 0 Å². The van der Waals surface area contributed by atoms with Crippen LogP contribution in [0.3, 0.4) is 0 Å². The van der Waals surface area contributed by atoms with Gasteiger partial charge in [0.05, 0.1) is 11.1 Å². The summed E-state index contributed by atoms with van der Waals surface area (Å²) in [5, 5.41) is 13.3. The molecule has 0 saturated carbocycles. The third kappa shape index (κ3) is 3.83. The van der Waals surface area contributed by atoms with E-state index in [1.54, 1.807) is 7.05 Å². The van der Waals surface area contributed by atoms with Gasteiger partial charge in [0.15, 0.2) is 0 Å². The Morgan fingerprint density at radius 1 is 1.67 bits per heavy atom. The Morgan fingerprint density at radius 2 is 2.33 bits per heavy atom. The van der Waals surface area contributed by atoms with E-state index >= 15 is 0 Å². The molecule has 0 bridgehead atoms. The Hall–Kier alpha value is -1.37. The molecule has 1 atom stereocenters. The Labute approximate surface area is 114 Å². The van der Waals surface area contributed by atoms with Crippen molar-refractivity contribution in [2.45, 2.75) is 24.6 Å². The molecule has 1 heterocycles. The molecule has 0 fully saturated rings. The van der Waals surface area contributed by atoms with Crippen LogP contribution in [0.15, 0.2) is 12.3 Å². The van der Waals surface area contributed by atoms with Crippen LogP contribution in [-0.2, 0) is 7.05 Å². The number of aromatic nitrogens is 1. The average molecular weight is 318 g/mol. The maximum atomic E-state index is 11.8. The van der Waals surface area contributed by atoms with Crippen molar-refractivity contribution < 1.29 is 9.72 Å². The topological polar surface area (TPSA) is 77.2 Å². The first-order valence-corrected chi connectivity index (χ1v) is 6.60. The van der Waals surface area contributed by atoms with E-state index in [0.29, 0.717) is 6.54 Å². The lowest BCUT2D eigenvalue weighted by molar-refractivity contribution is -0.384. The van der Waals surface area contributed by atoms with E-state index in [0.717, 1.165) is 12.8 Å². The van der Waals surface area contributed by atoms with Gasteiger partial charge >= 0.3 is 0 Å². The first-order chi connectivity index (χ1) is 8.45. The van der Waals surface area contributed by atoms with Gasteiger partial charge in [0.25, 0.3) is 11.6 Å². The third-order valence-corrected chi connectivity index (χ3v) is 3.30. The highest BCUT2D eigenvalue weighted by Crippen LogP contribution is 2.15. The van der Waals surface area contributed by atoms with Crippen LogP contribution in [0, 0.1) is 10.1 Å². The molecular weight excluding hydrogens is 302 g/mol. The zero-order valence-electron chi connectivity index (χ0n) is 10.4.